The molecular weight excluding hydrogens is 326 g/mol. The van der Waals surface area contributed by atoms with E-state index in [-0.39, 0.29) is 6.03 Å². The Morgan fingerprint density at radius 3 is 2.46 bits per heavy atom. The molecule has 0 saturated carbocycles. The number of ether oxygens (including phenoxy) is 1. The molecule has 0 spiro atoms. The highest BCUT2D eigenvalue weighted by Gasteiger charge is 2.20. The first-order chi connectivity index (χ1) is 12.6. The lowest BCUT2D eigenvalue weighted by Gasteiger charge is -2.36. The van der Waals surface area contributed by atoms with Gasteiger partial charge in [0.1, 0.15) is 12.4 Å². The zero-order chi connectivity index (χ0) is 18.4. The molecule has 0 aliphatic carbocycles. The van der Waals surface area contributed by atoms with Crippen LogP contribution in [0.1, 0.15) is 11.1 Å². The minimum Gasteiger partial charge on any atom is -0.491 e. The van der Waals surface area contributed by atoms with Crippen molar-refractivity contribution in [3.8, 4) is 5.75 Å². The average Bonchev–Trinajstić information content (AvgIpc) is 2.69. The molecule has 138 valence electrons. The summed E-state index contributed by atoms with van der Waals surface area (Å²) in [5.41, 5.74) is 3.58. The van der Waals surface area contributed by atoms with Gasteiger partial charge in [-0.3, -0.25) is 0 Å². The van der Waals surface area contributed by atoms with Gasteiger partial charge in [0.15, 0.2) is 0 Å². The van der Waals surface area contributed by atoms with E-state index in [1.807, 2.05) is 35.2 Å². The molecule has 0 aromatic heterocycles. The highest BCUT2D eigenvalue weighted by atomic mass is 16.5. The number of para-hydroxylation sites is 1. The van der Waals surface area contributed by atoms with E-state index < -0.39 is 0 Å². The fraction of sp³-hybridized carbons (Fsp3) is 0.381. The first-order valence-electron chi connectivity index (χ1n) is 9.17. The van der Waals surface area contributed by atoms with Crippen molar-refractivity contribution >= 4 is 11.7 Å². The molecule has 1 saturated heterocycles. The third kappa shape index (κ3) is 4.48. The molecule has 2 amide bonds. The summed E-state index contributed by atoms with van der Waals surface area (Å²) in [7, 11) is 0. The number of nitrogens with zero attached hydrogens (tertiary/aromatic N) is 2. The van der Waals surface area contributed by atoms with E-state index in [0.717, 1.165) is 37.5 Å². The van der Waals surface area contributed by atoms with Crippen molar-refractivity contribution in [2.24, 2.45) is 0 Å². The van der Waals surface area contributed by atoms with Crippen molar-refractivity contribution in [3.63, 3.8) is 0 Å². The Hall–Kier alpha value is -2.69. The number of hydrogen-bond donors (Lipinski definition) is 1. The molecule has 26 heavy (non-hydrogen) atoms. The quantitative estimate of drug-likeness (QED) is 0.840. The van der Waals surface area contributed by atoms with E-state index in [9.17, 15) is 4.79 Å². The smallest absolute Gasteiger partial charge is 0.317 e. The first-order valence-corrected chi connectivity index (χ1v) is 9.17. The van der Waals surface area contributed by atoms with Crippen molar-refractivity contribution in [2.75, 3.05) is 44.2 Å². The van der Waals surface area contributed by atoms with Crippen LogP contribution in [0, 0.1) is 13.8 Å². The van der Waals surface area contributed by atoms with Gasteiger partial charge in [0.2, 0.25) is 0 Å². The Bertz CT molecular complexity index is 725. The number of carbonyl (C=O) groups is 1. The van der Waals surface area contributed by atoms with E-state index in [1.54, 1.807) is 0 Å². The second kappa shape index (κ2) is 8.61. The molecule has 1 aliphatic heterocycles. The van der Waals surface area contributed by atoms with Gasteiger partial charge in [-0.15, -0.1) is 0 Å². The number of rotatable bonds is 5. The molecule has 2 aromatic carbocycles. The lowest BCUT2D eigenvalue weighted by Crippen LogP contribution is -2.52. The van der Waals surface area contributed by atoms with Gasteiger partial charge in [-0.25, -0.2) is 4.79 Å². The molecule has 0 radical (unpaired) electrons. The largest absolute Gasteiger partial charge is 0.491 e. The molecule has 3 rings (SSSR count). The summed E-state index contributed by atoms with van der Waals surface area (Å²) in [6.07, 6.45) is 0. The second-order valence-electron chi connectivity index (χ2n) is 6.59. The summed E-state index contributed by atoms with van der Waals surface area (Å²) in [5, 5.41) is 2.95. The van der Waals surface area contributed by atoms with Crippen molar-refractivity contribution in [1.29, 1.82) is 0 Å². The monoisotopic (exact) mass is 353 g/mol. The molecule has 0 unspecified atom stereocenters. The van der Waals surface area contributed by atoms with E-state index in [4.69, 9.17) is 4.74 Å². The summed E-state index contributed by atoms with van der Waals surface area (Å²) < 4.78 is 5.79. The molecule has 5 nitrogen and oxygen atoms in total. The zero-order valence-corrected chi connectivity index (χ0v) is 15.6. The van der Waals surface area contributed by atoms with E-state index in [1.165, 1.54) is 11.3 Å². The van der Waals surface area contributed by atoms with E-state index in [0.29, 0.717) is 13.2 Å². The number of anilines is 1. The molecule has 0 atom stereocenters. The molecule has 5 heteroatoms. The van der Waals surface area contributed by atoms with Gasteiger partial charge in [0.05, 0.1) is 6.54 Å². The summed E-state index contributed by atoms with van der Waals surface area (Å²) in [5.74, 6) is 0.885. The van der Waals surface area contributed by atoms with Crippen molar-refractivity contribution in [1.82, 2.24) is 10.2 Å². The van der Waals surface area contributed by atoms with Crippen molar-refractivity contribution in [2.45, 2.75) is 13.8 Å². The molecule has 1 heterocycles. The third-order valence-electron chi connectivity index (χ3n) is 4.88. The van der Waals surface area contributed by atoms with Crippen LogP contribution >= 0.6 is 0 Å². The van der Waals surface area contributed by atoms with Crippen LogP contribution in [0.2, 0.25) is 0 Å². The summed E-state index contributed by atoms with van der Waals surface area (Å²) in [6, 6.07) is 16.3. The van der Waals surface area contributed by atoms with Crippen LogP contribution in [0.25, 0.3) is 0 Å². The number of nitrogens with one attached hydrogen (secondary N) is 1. The van der Waals surface area contributed by atoms with Gasteiger partial charge in [0, 0.05) is 31.9 Å². The fourth-order valence-electron chi connectivity index (χ4n) is 3.12. The van der Waals surface area contributed by atoms with Gasteiger partial charge in [-0.2, -0.15) is 0 Å². The van der Waals surface area contributed by atoms with E-state index >= 15 is 0 Å². The molecule has 1 aliphatic rings. The lowest BCUT2D eigenvalue weighted by molar-refractivity contribution is 0.191. The maximum atomic E-state index is 12.3. The van der Waals surface area contributed by atoms with Crippen LogP contribution in [-0.4, -0.2) is 50.3 Å². The summed E-state index contributed by atoms with van der Waals surface area (Å²) in [6.45, 7) is 8.28. The molecule has 1 N–H and O–H groups in total. The van der Waals surface area contributed by atoms with Crippen LogP contribution in [0.4, 0.5) is 10.5 Å². The van der Waals surface area contributed by atoms with Crippen LogP contribution in [-0.2, 0) is 0 Å². The topological polar surface area (TPSA) is 44.8 Å². The molecule has 2 aromatic rings. The molecule has 0 bridgehead atoms. The Morgan fingerprint density at radius 1 is 1.00 bits per heavy atom. The van der Waals surface area contributed by atoms with Crippen LogP contribution in [0.15, 0.2) is 48.5 Å². The Morgan fingerprint density at radius 2 is 1.73 bits per heavy atom. The maximum absolute atomic E-state index is 12.3. The number of carbonyl (C=O) groups excluding carboxylic acids is 1. The van der Waals surface area contributed by atoms with Gasteiger partial charge in [-0.05, 0) is 43.2 Å². The third-order valence-corrected chi connectivity index (χ3v) is 4.88. The highest BCUT2D eigenvalue weighted by molar-refractivity contribution is 5.74. The van der Waals surface area contributed by atoms with Crippen molar-refractivity contribution in [3.05, 3.63) is 59.7 Å². The summed E-state index contributed by atoms with van der Waals surface area (Å²) >= 11 is 0. The highest BCUT2D eigenvalue weighted by Crippen LogP contribution is 2.20. The van der Waals surface area contributed by atoms with Crippen LogP contribution in [0.5, 0.6) is 5.75 Å². The van der Waals surface area contributed by atoms with Crippen LogP contribution in [0.3, 0.4) is 0 Å². The SMILES string of the molecule is Cc1cccc(OCCNC(=O)N2CCN(c3ccccc3)CC2)c1C. The Kier molecular flexibility index (Phi) is 6.00. The molecular formula is C21H27N3O2. The minimum absolute atomic E-state index is 0.0118. The number of hydrogen-bond acceptors (Lipinski definition) is 3. The number of urea groups is 1. The number of aryl methyl sites for hydroxylation is 1. The van der Waals surface area contributed by atoms with Gasteiger partial charge >= 0.3 is 6.03 Å². The first kappa shape index (κ1) is 18.1. The fourth-order valence-corrected chi connectivity index (χ4v) is 3.12. The number of piperazine rings is 1. The van der Waals surface area contributed by atoms with Gasteiger partial charge < -0.3 is 19.9 Å². The van der Waals surface area contributed by atoms with Crippen molar-refractivity contribution < 1.29 is 9.53 Å². The second-order valence-corrected chi connectivity index (χ2v) is 6.59. The minimum atomic E-state index is -0.0118. The van der Waals surface area contributed by atoms with Gasteiger partial charge in [0.25, 0.3) is 0 Å². The maximum Gasteiger partial charge on any atom is 0.317 e. The Labute approximate surface area is 155 Å². The summed E-state index contributed by atoms with van der Waals surface area (Å²) in [4.78, 5) is 16.5. The van der Waals surface area contributed by atoms with Crippen LogP contribution < -0.4 is 15.0 Å². The number of amides is 2. The molecule has 1 fully saturated rings. The lowest BCUT2D eigenvalue weighted by atomic mass is 10.1. The van der Waals surface area contributed by atoms with E-state index in [2.05, 4.69) is 42.3 Å². The predicted molar refractivity (Wildman–Crippen MR) is 105 cm³/mol. The number of benzene rings is 2. The Balaban J connectivity index is 1.39. The zero-order valence-electron chi connectivity index (χ0n) is 15.6. The van der Waals surface area contributed by atoms with Gasteiger partial charge in [-0.1, -0.05) is 30.3 Å². The standard InChI is InChI=1S/C21H27N3O2/c1-17-7-6-10-20(18(17)2)26-16-11-22-21(25)24-14-12-23(13-15-24)19-8-4-3-5-9-19/h3-10H,11-16H2,1-2H3,(H,22,25). The normalized spacial score (nSPS) is 14.2. The predicted octanol–water partition coefficient (Wildman–Crippen LogP) is 3.21. The average molecular weight is 353 g/mol.